The smallest absolute Gasteiger partial charge is 0.254 e. The number of hydrogen-bond donors (Lipinski definition) is 6. The van der Waals surface area contributed by atoms with Crippen LogP contribution in [0.1, 0.15) is 106 Å². The Hall–Kier alpha value is -6.56. The number of carbonyl (C=O) groups excluding carboxylic acids is 5. The highest BCUT2D eigenvalue weighted by atomic mass is 19.1. The maximum Gasteiger partial charge on any atom is 0.254 e. The molecule has 0 saturated carbocycles. The Morgan fingerprint density at radius 1 is 0.900 bits per heavy atom. The number of likely N-dealkylation sites (N-methyl/N-ethyl adjacent to an activating group) is 1. The summed E-state index contributed by atoms with van der Waals surface area (Å²) in [5.74, 6) is -1.28. The van der Waals surface area contributed by atoms with E-state index in [-0.39, 0.29) is 67.2 Å². The van der Waals surface area contributed by atoms with Gasteiger partial charge < -0.3 is 66.0 Å². The fraction of sp³-hybridized carbons (Fsp3) is 0.569. The number of benzene rings is 2. The van der Waals surface area contributed by atoms with E-state index in [1.54, 1.807) is 47.8 Å². The predicted molar refractivity (Wildman–Crippen MR) is 302 cm³/mol. The Kier molecular flexibility index (Phi) is 22.3. The molecule has 436 valence electrons. The van der Waals surface area contributed by atoms with Crippen LogP contribution in [0.2, 0.25) is 0 Å². The summed E-state index contributed by atoms with van der Waals surface area (Å²) in [7, 11) is 3.40. The first-order valence-electron chi connectivity index (χ1n) is 28.1. The molecule has 2 aromatic heterocycles. The first-order valence-corrected chi connectivity index (χ1v) is 28.1. The van der Waals surface area contributed by atoms with Crippen molar-refractivity contribution in [2.24, 2.45) is 5.41 Å². The van der Waals surface area contributed by atoms with Crippen LogP contribution in [0.5, 0.6) is 0 Å². The standard InChI is InChI=1S/C58H83FN12O9/c1-8-46(39-13-10-9-11-14-39)65-55(74)50-33-42(35-71(50)57(76)52(58(3,4)5)66-54(73)38(2)61-6)62-20-24-78-26-28-80-30-29-79-27-25-77-23-18-51(72)63-19-22-69-36-45-40-31-49(53(60)64-34-40)70-21-12-15-48(70)44-32-41(59)16-17-43(44)56(75)68(7)37-47(45)67-69/h9-11,13-14,16-17,31-32,34,36,38,42,46,48,50,52,61-62H,8,12,15,18-30,33,35,37H2,1-7H3,(H2,60,64)(H,63,72)(H,65,74)(H,66,73)/t38-,42-,46+,48-,50-,52+/m1/s1. The summed E-state index contributed by atoms with van der Waals surface area (Å²) in [6, 6.07) is 13.4. The lowest BCUT2D eigenvalue weighted by Gasteiger charge is -2.36. The molecule has 5 amide bonds. The van der Waals surface area contributed by atoms with E-state index in [9.17, 15) is 28.4 Å². The van der Waals surface area contributed by atoms with Gasteiger partial charge in [0.1, 0.15) is 23.7 Å². The third-order valence-electron chi connectivity index (χ3n) is 14.9. The number of ether oxygens (including phenoxy) is 4. The molecule has 4 aromatic rings. The van der Waals surface area contributed by atoms with Gasteiger partial charge in [0.25, 0.3) is 5.91 Å². The second-order valence-electron chi connectivity index (χ2n) is 21.8. The van der Waals surface area contributed by atoms with Gasteiger partial charge in [-0.15, -0.1) is 0 Å². The summed E-state index contributed by atoms with van der Waals surface area (Å²) in [5, 5.41) is 20.3. The highest BCUT2D eigenvalue weighted by Crippen LogP contribution is 2.42. The van der Waals surface area contributed by atoms with Gasteiger partial charge in [-0.2, -0.15) is 5.10 Å². The van der Waals surface area contributed by atoms with Crippen LogP contribution < -0.4 is 37.2 Å². The lowest BCUT2D eigenvalue weighted by Crippen LogP contribution is -2.59. The largest absolute Gasteiger partial charge is 0.382 e. The van der Waals surface area contributed by atoms with E-state index in [0.717, 1.165) is 35.2 Å². The lowest BCUT2D eigenvalue weighted by atomic mass is 9.85. The quantitative estimate of drug-likeness (QED) is 0.0460. The number of nitrogens with one attached hydrogen (secondary N) is 5. The van der Waals surface area contributed by atoms with Crippen LogP contribution in [0.3, 0.4) is 0 Å². The molecule has 3 aliphatic heterocycles. The number of rotatable bonds is 27. The maximum atomic E-state index is 14.7. The molecule has 0 unspecified atom stereocenters. The fourth-order valence-corrected chi connectivity index (χ4v) is 10.4. The minimum absolute atomic E-state index is 0.167. The zero-order valence-electron chi connectivity index (χ0n) is 47.6. The van der Waals surface area contributed by atoms with Crippen LogP contribution >= 0.6 is 0 Å². The van der Waals surface area contributed by atoms with Crippen LogP contribution in [0, 0.1) is 11.2 Å². The number of likely N-dealkylation sites (tertiary alicyclic amines) is 1. The van der Waals surface area contributed by atoms with Crippen LogP contribution in [0.25, 0.3) is 11.1 Å². The Morgan fingerprint density at radius 2 is 1.60 bits per heavy atom. The first kappa shape index (κ1) is 61.1. The van der Waals surface area contributed by atoms with E-state index in [2.05, 4.69) is 36.5 Å². The molecular formula is C58H83FN12O9. The molecule has 6 atom stereocenters. The van der Waals surface area contributed by atoms with Gasteiger partial charge in [-0.3, -0.25) is 28.7 Å². The van der Waals surface area contributed by atoms with E-state index in [0.29, 0.717) is 114 Å². The monoisotopic (exact) mass is 1110 g/mol. The Labute approximate surface area is 469 Å². The van der Waals surface area contributed by atoms with Gasteiger partial charge in [-0.05, 0) is 80.5 Å². The van der Waals surface area contributed by atoms with Crippen LogP contribution in [-0.2, 0) is 51.2 Å². The zero-order valence-corrected chi connectivity index (χ0v) is 47.6. The predicted octanol–water partition coefficient (Wildman–Crippen LogP) is 4.13. The third kappa shape index (κ3) is 16.3. The minimum atomic E-state index is -0.850. The Balaban J connectivity index is 0.764. The number of aromatic nitrogens is 3. The second kappa shape index (κ2) is 29.2. The van der Waals surface area contributed by atoms with E-state index in [1.807, 2.05) is 70.3 Å². The molecule has 2 fully saturated rings. The summed E-state index contributed by atoms with van der Waals surface area (Å²) in [4.78, 5) is 77.8. The Morgan fingerprint density at radius 3 is 2.29 bits per heavy atom. The molecule has 0 radical (unpaired) electrons. The molecule has 2 saturated heterocycles. The van der Waals surface area contributed by atoms with Crippen molar-refractivity contribution in [3.05, 3.63) is 95.2 Å². The van der Waals surface area contributed by atoms with Gasteiger partial charge in [0.05, 0.1) is 95.5 Å². The summed E-state index contributed by atoms with van der Waals surface area (Å²) >= 11 is 0. The Bertz CT molecular complexity index is 2710. The van der Waals surface area contributed by atoms with Crippen molar-refractivity contribution in [3.63, 3.8) is 0 Å². The first-order chi connectivity index (χ1) is 38.5. The third-order valence-corrected chi connectivity index (χ3v) is 14.9. The molecule has 22 heteroatoms. The van der Waals surface area contributed by atoms with Crippen molar-refractivity contribution < 1.29 is 47.3 Å². The number of nitrogen functional groups attached to an aromatic ring is 1. The molecule has 80 heavy (non-hydrogen) atoms. The van der Waals surface area contributed by atoms with Crippen molar-refractivity contribution >= 4 is 41.0 Å². The number of amides is 5. The van der Waals surface area contributed by atoms with Gasteiger partial charge >= 0.3 is 0 Å². The SMILES string of the molecule is CC[C@H](NC(=O)[C@H]1C[C@@H](NCCOCCOCCOCCOCCC(=O)NCCn2cc3c(n2)CN(C)C(=O)c2ccc(F)cc2[C@H]2CCCN2c2cc-3cnc2N)CN1C(=O)[C@H](NC(=O)[C@@H](C)NC)C(C)(C)C)c1ccccc1. The summed E-state index contributed by atoms with van der Waals surface area (Å²) in [5.41, 5.74) is 10.8. The number of nitrogens with two attached hydrogens (primary N) is 1. The number of fused-ring (bicyclic) bond motifs is 8. The van der Waals surface area contributed by atoms with Gasteiger partial charge in [0, 0.05) is 74.8 Å². The topological polar surface area (TPSA) is 249 Å². The van der Waals surface area contributed by atoms with Crippen LogP contribution in [0.4, 0.5) is 15.9 Å². The van der Waals surface area contributed by atoms with E-state index in [1.165, 1.54) is 12.1 Å². The number of hydrogen-bond acceptors (Lipinski definition) is 15. The number of anilines is 2. The normalized spacial score (nSPS) is 18.3. The zero-order chi connectivity index (χ0) is 57.3. The van der Waals surface area contributed by atoms with E-state index < -0.39 is 29.4 Å². The van der Waals surface area contributed by atoms with E-state index >= 15 is 0 Å². The number of nitrogens with zero attached hydrogens (tertiary/aromatic N) is 6. The van der Waals surface area contributed by atoms with Crippen LogP contribution in [-0.4, -0.2) is 171 Å². The van der Waals surface area contributed by atoms with Crippen molar-refractivity contribution in [1.29, 1.82) is 0 Å². The van der Waals surface area contributed by atoms with Crippen molar-refractivity contribution in [2.75, 3.05) is 104 Å². The molecule has 7 N–H and O–H groups in total. The highest BCUT2D eigenvalue weighted by molar-refractivity contribution is 5.96. The van der Waals surface area contributed by atoms with E-state index in [4.69, 9.17) is 29.8 Å². The molecule has 0 spiro atoms. The summed E-state index contributed by atoms with van der Waals surface area (Å²) in [6.07, 6.45) is 6.43. The molecular weight excluding hydrogens is 1030 g/mol. The minimum Gasteiger partial charge on any atom is -0.382 e. The maximum absolute atomic E-state index is 14.7. The number of halogens is 1. The molecule has 3 aliphatic rings. The van der Waals surface area contributed by atoms with Gasteiger partial charge in [-0.1, -0.05) is 58.0 Å². The molecule has 5 heterocycles. The number of pyridine rings is 1. The van der Waals surface area contributed by atoms with Crippen molar-refractivity contribution in [3.8, 4) is 11.1 Å². The summed E-state index contributed by atoms with van der Waals surface area (Å²) < 4.78 is 39.2. The summed E-state index contributed by atoms with van der Waals surface area (Å²) in [6.45, 7) is 14.6. The molecule has 0 aliphatic carbocycles. The van der Waals surface area contributed by atoms with Gasteiger partial charge in [0.2, 0.25) is 23.6 Å². The van der Waals surface area contributed by atoms with Gasteiger partial charge in [-0.25, -0.2) is 9.37 Å². The van der Waals surface area contributed by atoms with Gasteiger partial charge in [0.15, 0.2) is 0 Å². The molecule has 2 aromatic carbocycles. The van der Waals surface area contributed by atoms with Crippen LogP contribution in [0.15, 0.2) is 67.0 Å². The molecule has 2 bridgehead atoms. The van der Waals surface area contributed by atoms with Crippen molar-refractivity contribution in [1.82, 2.24) is 51.1 Å². The molecule has 21 nitrogen and oxygen atoms in total. The fourth-order valence-electron chi connectivity index (χ4n) is 10.4. The average molecular weight is 1110 g/mol. The van der Waals surface area contributed by atoms with Crippen molar-refractivity contribution in [2.45, 2.75) is 116 Å². The second-order valence-corrected chi connectivity index (χ2v) is 21.8. The highest BCUT2D eigenvalue weighted by Gasteiger charge is 2.45. The number of carbonyl (C=O) groups is 5. The molecule has 7 rings (SSSR count). The lowest BCUT2D eigenvalue weighted by molar-refractivity contribution is -0.144. The average Bonchev–Trinajstić information content (AvgIpc) is 4.23.